The van der Waals surface area contributed by atoms with Gasteiger partial charge in [-0.05, 0) is 18.6 Å². The van der Waals surface area contributed by atoms with E-state index in [1.807, 2.05) is 32.9 Å². The zero-order valence-corrected chi connectivity index (χ0v) is 9.70. The Morgan fingerprint density at radius 3 is 2.53 bits per heavy atom. The molecular weight excluding hydrogens is 190 g/mol. The molecule has 0 radical (unpaired) electrons. The van der Waals surface area contributed by atoms with Crippen LogP contribution in [-0.2, 0) is 4.74 Å². The van der Waals surface area contributed by atoms with E-state index in [2.05, 4.69) is 6.07 Å². The number of nitrogens with zero attached hydrogens (tertiary/aromatic N) is 1. The molecule has 1 aromatic rings. The summed E-state index contributed by atoms with van der Waals surface area (Å²) < 4.78 is 10.0. The van der Waals surface area contributed by atoms with E-state index >= 15 is 0 Å². The van der Waals surface area contributed by atoms with Gasteiger partial charge in [-0.25, -0.2) is 0 Å². The van der Waals surface area contributed by atoms with Crippen LogP contribution in [0, 0.1) is 18.3 Å². The first-order valence-electron chi connectivity index (χ1n) is 4.91. The summed E-state index contributed by atoms with van der Waals surface area (Å²) >= 11 is 0. The summed E-state index contributed by atoms with van der Waals surface area (Å²) in [6.45, 7) is 6.06. The Balaban J connectivity index is 0.000000921. The van der Waals surface area contributed by atoms with Crippen LogP contribution in [0.2, 0.25) is 0 Å². The summed E-state index contributed by atoms with van der Waals surface area (Å²) in [5.74, 6) is 0.604. The van der Waals surface area contributed by atoms with Gasteiger partial charge in [-0.1, -0.05) is 26.0 Å². The maximum atomic E-state index is 8.77. The number of hydrogen-bond acceptors (Lipinski definition) is 3. The number of nitriles is 1. The number of hydrogen-bond donors (Lipinski definition) is 0. The molecule has 0 heterocycles. The van der Waals surface area contributed by atoms with Crippen LogP contribution in [0.4, 0.5) is 0 Å². The van der Waals surface area contributed by atoms with Crippen molar-refractivity contribution in [3.63, 3.8) is 0 Å². The maximum absolute atomic E-state index is 8.77. The molecule has 1 rings (SSSR count). The molecule has 0 aliphatic carbocycles. The largest absolute Gasteiger partial charge is 0.466 e. The molecule has 0 saturated carbocycles. The lowest BCUT2D eigenvalue weighted by atomic mass is 10.1. The smallest absolute Gasteiger partial charge is 0.188 e. The molecule has 0 saturated heterocycles. The van der Waals surface area contributed by atoms with Crippen LogP contribution in [0.1, 0.15) is 25.0 Å². The lowest BCUT2D eigenvalue weighted by Crippen LogP contribution is -2.01. The second-order valence-corrected chi connectivity index (χ2v) is 2.61. The molecule has 0 amide bonds. The second kappa shape index (κ2) is 7.84. The zero-order valence-electron chi connectivity index (χ0n) is 9.70. The Morgan fingerprint density at radius 1 is 1.33 bits per heavy atom. The van der Waals surface area contributed by atoms with Crippen molar-refractivity contribution in [2.75, 3.05) is 13.9 Å². The van der Waals surface area contributed by atoms with Crippen molar-refractivity contribution in [1.29, 1.82) is 5.26 Å². The van der Waals surface area contributed by atoms with Crippen molar-refractivity contribution in [1.82, 2.24) is 0 Å². The molecule has 0 unspecified atom stereocenters. The maximum Gasteiger partial charge on any atom is 0.188 e. The Hall–Kier alpha value is -1.53. The molecule has 0 aliphatic heterocycles. The van der Waals surface area contributed by atoms with Gasteiger partial charge >= 0.3 is 0 Å². The number of rotatable bonds is 3. The average Bonchev–Trinajstić information content (AvgIpc) is 2.30. The molecule has 0 fully saturated rings. The standard InChI is InChI=1S/C10H11NO2.C2H6/c1-8-4-3-5-9(6-11)10(8)13-7-12-2;1-2/h3-5H,7H2,1-2H3;1-2H3. The van der Waals surface area contributed by atoms with Crippen molar-refractivity contribution in [2.24, 2.45) is 0 Å². The SMILES string of the molecule is CC.COCOc1c(C)cccc1C#N. The molecule has 15 heavy (non-hydrogen) atoms. The molecular formula is C12H17NO2. The molecule has 0 aromatic heterocycles. The zero-order chi connectivity index (χ0) is 11.7. The first kappa shape index (κ1) is 13.5. The highest BCUT2D eigenvalue weighted by Gasteiger charge is 2.05. The molecule has 0 N–H and O–H groups in total. The van der Waals surface area contributed by atoms with E-state index in [1.54, 1.807) is 13.2 Å². The van der Waals surface area contributed by atoms with Gasteiger partial charge in [-0.2, -0.15) is 5.26 Å². The van der Waals surface area contributed by atoms with E-state index in [4.69, 9.17) is 14.7 Å². The summed E-state index contributed by atoms with van der Waals surface area (Å²) in [7, 11) is 1.55. The highest BCUT2D eigenvalue weighted by atomic mass is 16.7. The van der Waals surface area contributed by atoms with Gasteiger partial charge < -0.3 is 9.47 Å². The predicted octanol–water partition coefficient (Wildman–Crippen LogP) is 2.88. The second-order valence-electron chi connectivity index (χ2n) is 2.61. The lowest BCUT2D eigenvalue weighted by Gasteiger charge is -2.08. The van der Waals surface area contributed by atoms with Crippen LogP contribution in [0.15, 0.2) is 18.2 Å². The first-order chi connectivity index (χ1) is 7.29. The predicted molar refractivity (Wildman–Crippen MR) is 59.7 cm³/mol. The van der Waals surface area contributed by atoms with Gasteiger partial charge in [0.1, 0.15) is 11.8 Å². The monoisotopic (exact) mass is 207 g/mol. The number of para-hydroxylation sites is 1. The van der Waals surface area contributed by atoms with Gasteiger partial charge in [0.2, 0.25) is 0 Å². The van der Waals surface area contributed by atoms with E-state index in [0.29, 0.717) is 11.3 Å². The van der Waals surface area contributed by atoms with Gasteiger partial charge in [0.05, 0.1) is 5.56 Å². The number of ether oxygens (including phenoxy) is 2. The van der Waals surface area contributed by atoms with Crippen LogP contribution in [-0.4, -0.2) is 13.9 Å². The molecule has 1 aromatic carbocycles. The highest BCUT2D eigenvalue weighted by Crippen LogP contribution is 2.22. The Bertz CT molecular complexity index is 329. The van der Waals surface area contributed by atoms with Gasteiger partial charge in [-0.3, -0.25) is 0 Å². The fourth-order valence-corrected chi connectivity index (χ4v) is 1.05. The minimum atomic E-state index is 0.166. The third-order valence-corrected chi connectivity index (χ3v) is 1.65. The minimum absolute atomic E-state index is 0.166. The Morgan fingerprint density at radius 2 is 2.00 bits per heavy atom. The van der Waals surface area contributed by atoms with Crippen LogP contribution in [0.25, 0.3) is 0 Å². The number of methoxy groups -OCH3 is 1. The van der Waals surface area contributed by atoms with Gasteiger partial charge in [0.15, 0.2) is 6.79 Å². The van der Waals surface area contributed by atoms with E-state index < -0.39 is 0 Å². The van der Waals surface area contributed by atoms with E-state index in [1.165, 1.54) is 0 Å². The van der Waals surface area contributed by atoms with Crippen LogP contribution in [0.5, 0.6) is 5.75 Å². The summed E-state index contributed by atoms with van der Waals surface area (Å²) in [6, 6.07) is 7.51. The fraction of sp³-hybridized carbons (Fsp3) is 0.417. The number of benzene rings is 1. The van der Waals surface area contributed by atoms with Crippen molar-refractivity contribution < 1.29 is 9.47 Å². The fourth-order valence-electron chi connectivity index (χ4n) is 1.05. The van der Waals surface area contributed by atoms with Gasteiger partial charge in [-0.15, -0.1) is 0 Å². The molecule has 3 heteroatoms. The van der Waals surface area contributed by atoms with E-state index in [-0.39, 0.29) is 6.79 Å². The quantitative estimate of drug-likeness (QED) is 0.716. The third kappa shape index (κ3) is 4.01. The molecule has 0 atom stereocenters. The molecule has 0 spiro atoms. The Labute approximate surface area is 91.2 Å². The minimum Gasteiger partial charge on any atom is -0.466 e. The van der Waals surface area contributed by atoms with Crippen LogP contribution < -0.4 is 4.74 Å². The molecule has 0 aliphatic rings. The summed E-state index contributed by atoms with van der Waals surface area (Å²) in [5.41, 5.74) is 1.48. The molecule has 82 valence electrons. The summed E-state index contributed by atoms with van der Waals surface area (Å²) in [6.07, 6.45) is 0. The summed E-state index contributed by atoms with van der Waals surface area (Å²) in [5, 5.41) is 8.77. The topological polar surface area (TPSA) is 42.2 Å². The van der Waals surface area contributed by atoms with Gasteiger partial charge in [0, 0.05) is 7.11 Å². The number of aryl methyl sites for hydroxylation is 1. The summed E-state index contributed by atoms with van der Waals surface area (Å²) in [4.78, 5) is 0. The molecule has 3 nitrogen and oxygen atoms in total. The first-order valence-corrected chi connectivity index (χ1v) is 4.91. The average molecular weight is 207 g/mol. The normalized spacial score (nSPS) is 8.47. The third-order valence-electron chi connectivity index (χ3n) is 1.65. The van der Waals surface area contributed by atoms with Crippen molar-refractivity contribution in [3.05, 3.63) is 29.3 Å². The highest BCUT2D eigenvalue weighted by molar-refractivity contribution is 5.47. The van der Waals surface area contributed by atoms with E-state index in [9.17, 15) is 0 Å². The van der Waals surface area contributed by atoms with Crippen molar-refractivity contribution in [3.8, 4) is 11.8 Å². The Kier molecular flexibility index (Phi) is 7.04. The van der Waals surface area contributed by atoms with Crippen LogP contribution >= 0.6 is 0 Å². The van der Waals surface area contributed by atoms with Gasteiger partial charge in [0.25, 0.3) is 0 Å². The lowest BCUT2D eigenvalue weighted by molar-refractivity contribution is 0.0504. The molecule has 0 bridgehead atoms. The van der Waals surface area contributed by atoms with Crippen LogP contribution in [0.3, 0.4) is 0 Å². The van der Waals surface area contributed by atoms with Crippen molar-refractivity contribution in [2.45, 2.75) is 20.8 Å². The van der Waals surface area contributed by atoms with Crippen molar-refractivity contribution >= 4 is 0 Å². The van der Waals surface area contributed by atoms with E-state index in [0.717, 1.165) is 5.56 Å².